The Morgan fingerprint density at radius 1 is 1.10 bits per heavy atom. The maximum absolute atomic E-state index is 11.3. The van der Waals surface area contributed by atoms with Gasteiger partial charge in [0.25, 0.3) is 0 Å². The zero-order valence-corrected chi connectivity index (χ0v) is 18.3. The summed E-state index contributed by atoms with van der Waals surface area (Å²) in [5.74, 6) is 1.01. The van der Waals surface area contributed by atoms with E-state index in [-0.39, 0.29) is 5.92 Å². The molecule has 0 radical (unpaired) electrons. The second-order valence-electron chi connectivity index (χ2n) is 9.31. The number of ether oxygens (including phenoxy) is 1. The maximum atomic E-state index is 11.3. The van der Waals surface area contributed by atoms with E-state index in [0.29, 0.717) is 12.1 Å². The van der Waals surface area contributed by atoms with Crippen LogP contribution in [0, 0.1) is 11.8 Å². The molecule has 4 rings (SSSR count). The Kier molecular flexibility index (Phi) is 6.62. The van der Waals surface area contributed by atoms with Crippen molar-refractivity contribution in [3.8, 4) is 5.75 Å². The monoisotopic (exact) mass is 409 g/mol. The molecule has 30 heavy (non-hydrogen) atoms. The van der Waals surface area contributed by atoms with Crippen LogP contribution in [0.4, 0.5) is 0 Å². The summed E-state index contributed by atoms with van der Waals surface area (Å²) in [6.07, 6.45) is 7.69. The number of carboxylic acids is 1. The zero-order valence-electron chi connectivity index (χ0n) is 18.3. The van der Waals surface area contributed by atoms with Gasteiger partial charge in [0.05, 0.1) is 12.0 Å². The van der Waals surface area contributed by atoms with Crippen molar-refractivity contribution in [3.05, 3.63) is 42.0 Å². The molecule has 1 saturated carbocycles. The summed E-state index contributed by atoms with van der Waals surface area (Å²) in [6.45, 7) is 6.28. The van der Waals surface area contributed by atoms with Crippen LogP contribution < -0.4 is 4.74 Å². The number of fused-ring (bicyclic) bond motifs is 1. The predicted molar refractivity (Wildman–Crippen MR) is 121 cm³/mol. The third-order valence-corrected chi connectivity index (χ3v) is 7.21. The number of hydrogen-bond donors (Lipinski definition) is 1. The van der Waals surface area contributed by atoms with Crippen molar-refractivity contribution in [3.63, 3.8) is 0 Å². The van der Waals surface area contributed by atoms with Crippen molar-refractivity contribution in [1.82, 2.24) is 4.90 Å². The highest BCUT2D eigenvalue weighted by molar-refractivity contribution is 5.89. The second-order valence-corrected chi connectivity index (χ2v) is 9.31. The van der Waals surface area contributed by atoms with Gasteiger partial charge < -0.3 is 9.84 Å². The first-order valence-electron chi connectivity index (χ1n) is 11.7. The molecule has 1 atom stereocenters. The minimum Gasteiger partial charge on any atom is -0.490 e. The third kappa shape index (κ3) is 4.64. The van der Waals surface area contributed by atoms with Gasteiger partial charge in [0.1, 0.15) is 5.75 Å². The molecule has 1 saturated heterocycles. The van der Waals surface area contributed by atoms with E-state index in [1.807, 2.05) is 0 Å². The van der Waals surface area contributed by atoms with Gasteiger partial charge in [-0.3, -0.25) is 9.69 Å². The molecule has 1 heterocycles. The molecule has 0 bridgehead atoms. The van der Waals surface area contributed by atoms with Gasteiger partial charge >= 0.3 is 5.97 Å². The Morgan fingerprint density at radius 2 is 1.83 bits per heavy atom. The highest BCUT2D eigenvalue weighted by atomic mass is 16.5. The van der Waals surface area contributed by atoms with E-state index in [2.05, 4.69) is 55.1 Å². The van der Waals surface area contributed by atoms with Crippen molar-refractivity contribution in [2.75, 3.05) is 13.1 Å². The van der Waals surface area contributed by atoms with Crippen LogP contribution in [0.1, 0.15) is 70.4 Å². The first-order chi connectivity index (χ1) is 14.5. The third-order valence-electron chi connectivity index (χ3n) is 7.21. The minimum atomic E-state index is -0.645. The van der Waals surface area contributed by atoms with Crippen molar-refractivity contribution in [2.24, 2.45) is 11.8 Å². The lowest BCUT2D eigenvalue weighted by atomic mass is 9.89. The summed E-state index contributed by atoms with van der Waals surface area (Å²) in [6, 6.07) is 13.5. The Hall–Kier alpha value is -2.07. The fourth-order valence-electron chi connectivity index (χ4n) is 5.27. The van der Waals surface area contributed by atoms with Crippen LogP contribution in [0.5, 0.6) is 5.75 Å². The lowest BCUT2D eigenvalue weighted by Gasteiger charge is -2.36. The van der Waals surface area contributed by atoms with Gasteiger partial charge in [-0.15, -0.1) is 0 Å². The van der Waals surface area contributed by atoms with Crippen molar-refractivity contribution >= 4 is 16.7 Å². The average molecular weight is 410 g/mol. The summed E-state index contributed by atoms with van der Waals surface area (Å²) in [5.41, 5.74) is 1.32. The van der Waals surface area contributed by atoms with E-state index in [4.69, 9.17) is 4.74 Å². The second kappa shape index (κ2) is 9.38. The molecule has 0 amide bonds. The number of benzene rings is 2. The quantitative estimate of drug-likeness (QED) is 0.631. The zero-order chi connectivity index (χ0) is 21.1. The molecule has 4 nitrogen and oxygen atoms in total. The highest BCUT2D eigenvalue weighted by Crippen LogP contribution is 2.35. The number of piperidine rings is 1. The highest BCUT2D eigenvalue weighted by Gasteiger charge is 2.28. The van der Waals surface area contributed by atoms with Crippen molar-refractivity contribution < 1.29 is 14.6 Å². The summed E-state index contributed by atoms with van der Waals surface area (Å²) in [7, 11) is 0. The fraction of sp³-hybridized carbons (Fsp3) is 0.577. The lowest BCUT2D eigenvalue weighted by molar-refractivity contribution is -0.143. The largest absolute Gasteiger partial charge is 0.490 e. The Labute approximate surface area is 180 Å². The van der Waals surface area contributed by atoms with Gasteiger partial charge in [0.2, 0.25) is 0 Å². The van der Waals surface area contributed by atoms with Gasteiger partial charge in [-0.25, -0.2) is 0 Å². The summed E-state index contributed by atoms with van der Waals surface area (Å²) < 4.78 is 6.43. The number of likely N-dealkylation sites (tertiary alicyclic amines) is 1. The van der Waals surface area contributed by atoms with Gasteiger partial charge in [0.15, 0.2) is 0 Å². The molecular formula is C26H35NO3. The number of nitrogens with zero attached hydrogens (tertiary/aromatic N) is 1. The lowest BCUT2D eigenvalue weighted by Crippen LogP contribution is -2.38. The molecule has 2 aromatic rings. The summed E-state index contributed by atoms with van der Waals surface area (Å²) >= 11 is 0. The molecule has 0 aromatic heterocycles. The van der Waals surface area contributed by atoms with Crippen LogP contribution in [0.3, 0.4) is 0 Å². The van der Waals surface area contributed by atoms with E-state index in [1.54, 1.807) is 0 Å². The first-order valence-corrected chi connectivity index (χ1v) is 11.7. The van der Waals surface area contributed by atoms with Crippen LogP contribution in [-0.4, -0.2) is 35.2 Å². The Morgan fingerprint density at radius 3 is 2.50 bits per heavy atom. The topological polar surface area (TPSA) is 49.8 Å². The number of hydrogen-bond acceptors (Lipinski definition) is 3. The molecular weight excluding hydrogens is 374 g/mol. The van der Waals surface area contributed by atoms with Crippen LogP contribution in [0.25, 0.3) is 10.8 Å². The molecule has 1 aliphatic heterocycles. The minimum absolute atomic E-state index is 0.183. The molecule has 162 valence electrons. The fourth-order valence-corrected chi connectivity index (χ4v) is 5.27. The van der Waals surface area contributed by atoms with Crippen LogP contribution in [-0.2, 0) is 4.79 Å². The van der Waals surface area contributed by atoms with Gasteiger partial charge in [-0.1, -0.05) is 38.1 Å². The van der Waals surface area contributed by atoms with Gasteiger partial charge in [-0.05, 0) is 87.0 Å². The van der Waals surface area contributed by atoms with Crippen LogP contribution >= 0.6 is 0 Å². The Bertz CT molecular complexity index is 864. The van der Waals surface area contributed by atoms with E-state index in [1.165, 1.54) is 29.2 Å². The number of carboxylic acid groups (broad SMARTS) is 1. The number of rotatable bonds is 6. The van der Waals surface area contributed by atoms with E-state index in [9.17, 15) is 9.90 Å². The number of aliphatic carboxylic acids is 1. The molecule has 2 fully saturated rings. The van der Waals surface area contributed by atoms with Gasteiger partial charge in [-0.2, -0.15) is 0 Å². The number of carbonyl (C=O) groups is 1. The van der Waals surface area contributed by atoms with Gasteiger partial charge in [0, 0.05) is 11.4 Å². The predicted octanol–water partition coefficient (Wildman–Crippen LogP) is 6.05. The standard InChI is InChI=1S/C26H35NO3/c1-3-24(27-15-13-19(14-16-27)26(28)29)21-9-12-23-20(17-21)5-4-6-25(23)30-22-10-7-18(2)8-11-22/h4-6,9,12,17-19,22,24H,3,7-8,10-11,13-16H2,1-2H3,(H,28,29). The molecule has 1 unspecified atom stereocenters. The molecule has 1 N–H and O–H groups in total. The van der Waals surface area contributed by atoms with Crippen LogP contribution in [0.2, 0.25) is 0 Å². The normalized spacial score (nSPS) is 24.6. The smallest absolute Gasteiger partial charge is 0.306 e. The molecule has 0 spiro atoms. The van der Waals surface area contributed by atoms with E-state index in [0.717, 1.165) is 56.9 Å². The molecule has 2 aromatic carbocycles. The summed E-state index contributed by atoms with van der Waals surface area (Å²) in [5, 5.41) is 11.7. The summed E-state index contributed by atoms with van der Waals surface area (Å²) in [4.78, 5) is 13.7. The average Bonchev–Trinajstić information content (AvgIpc) is 2.76. The molecule has 4 heteroatoms. The molecule has 1 aliphatic carbocycles. The SMILES string of the molecule is CCC(c1ccc2c(OC3CCC(C)CC3)cccc2c1)N1CCC(C(=O)O)CC1. The van der Waals surface area contributed by atoms with Crippen molar-refractivity contribution in [2.45, 2.75) is 70.9 Å². The van der Waals surface area contributed by atoms with Crippen molar-refractivity contribution in [1.29, 1.82) is 0 Å². The Balaban J connectivity index is 1.51. The van der Waals surface area contributed by atoms with E-state index >= 15 is 0 Å². The maximum Gasteiger partial charge on any atom is 0.306 e. The van der Waals surface area contributed by atoms with E-state index < -0.39 is 5.97 Å². The van der Waals surface area contributed by atoms with Crippen LogP contribution in [0.15, 0.2) is 36.4 Å². The first kappa shape index (κ1) is 21.2. The molecule has 2 aliphatic rings.